The summed E-state index contributed by atoms with van der Waals surface area (Å²) in [5, 5.41) is 3.08. The van der Waals surface area contributed by atoms with Gasteiger partial charge in [-0.25, -0.2) is 4.72 Å². The molecule has 0 radical (unpaired) electrons. The third-order valence-corrected chi connectivity index (χ3v) is 1.44. The molecule has 0 saturated carbocycles. The van der Waals surface area contributed by atoms with Gasteiger partial charge in [-0.05, 0) is 19.5 Å². The van der Waals surface area contributed by atoms with Crippen LogP contribution in [0.3, 0.4) is 0 Å². The fraction of sp³-hybridized carbons (Fsp3) is 1.00. The maximum atomic E-state index is 9.90. The zero-order valence-electron chi connectivity index (χ0n) is 6.05. The summed E-state index contributed by atoms with van der Waals surface area (Å²) >= 11 is -2.10. The Kier molecular flexibility index (Phi) is 7.16. The minimum absolute atomic E-state index is 0.517. The molecule has 0 aliphatic heterocycles. The maximum absolute atomic E-state index is 9.90. The van der Waals surface area contributed by atoms with Gasteiger partial charge in [0, 0.05) is 17.8 Å². The topological polar surface area (TPSA) is 64.2 Å². The molecule has 0 aromatic heterocycles. The van der Waals surface area contributed by atoms with E-state index in [4.69, 9.17) is 0 Å². The largest absolute Gasteiger partial charge is 0.760 e. The fourth-order valence-corrected chi connectivity index (χ4v) is 0.857. The van der Waals surface area contributed by atoms with Crippen LogP contribution >= 0.6 is 0 Å². The van der Waals surface area contributed by atoms with Crippen molar-refractivity contribution < 1.29 is 8.76 Å². The molecule has 1 unspecified atom stereocenters. The molecule has 0 heterocycles. The van der Waals surface area contributed by atoms with Crippen molar-refractivity contribution in [2.45, 2.75) is 13.3 Å². The highest BCUT2D eigenvalue weighted by molar-refractivity contribution is 7.77. The normalized spacial score (nSPS) is 13.4. The molecule has 0 aliphatic carbocycles. The van der Waals surface area contributed by atoms with Crippen molar-refractivity contribution in [2.24, 2.45) is 0 Å². The lowest BCUT2D eigenvalue weighted by Gasteiger charge is -2.06. The summed E-state index contributed by atoms with van der Waals surface area (Å²) in [5.74, 6) is 0. The van der Waals surface area contributed by atoms with Crippen molar-refractivity contribution in [3.8, 4) is 0 Å². The Hall–Kier alpha value is 0.0300. The molecule has 0 fully saturated rings. The van der Waals surface area contributed by atoms with Gasteiger partial charge in [-0.3, -0.25) is 4.21 Å². The van der Waals surface area contributed by atoms with Crippen LogP contribution in [0.5, 0.6) is 0 Å². The zero-order valence-corrected chi connectivity index (χ0v) is 6.87. The highest BCUT2D eigenvalue weighted by Crippen LogP contribution is 1.73. The first-order valence-electron chi connectivity index (χ1n) is 3.31. The highest BCUT2D eigenvalue weighted by Gasteiger charge is 1.84. The van der Waals surface area contributed by atoms with Crippen molar-refractivity contribution in [1.82, 2.24) is 10.0 Å². The van der Waals surface area contributed by atoms with Crippen LogP contribution in [0.1, 0.15) is 13.3 Å². The lowest BCUT2D eigenvalue weighted by Crippen LogP contribution is -2.22. The van der Waals surface area contributed by atoms with E-state index in [0.29, 0.717) is 6.54 Å². The van der Waals surface area contributed by atoms with Crippen molar-refractivity contribution in [1.29, 1.82) is 0 Å². The van der Waals surface area contributed by atoms with E-state index in [1.165, 1.54) is 0 Å². The molecule has 2 N–H and O–H groups in total. The molecule has 1 atom stereocenters. The number of hydrogen-bond acceptors (Lipinski definition) is 3. The summed E-state index contributed by atoms with van der Waals surface area (Å²) in [4.78, 5) is 0. The van der Waals surface area contributed by atoms with Crippen LogP contribution in [0.15, 0.2) is 0 Å². The lowest BCUT2D eigenvalue weighted by molar-refractivity contribution is 0.520. The van der Waals surface area contributed by atoms with Crippen LogP contribution in [0.25, 0.3) is 0 Å². The molecular weight excluding hydrogens is 152 g/mol. The highest BCUT2D eigenvalue weighted by atomic mass is 32.2. The van der Waals surface area contributed by atoms with Crippen LogP contribution < -0.4 is 10.0 Å². The monoisotopic (exact) mass is 165 g/mol. The predicted molar refractivity (Wildman–Crippen MR) is 40.1 cm³/mol. The number of nitrogens with one attached hydrogen (secondary N) is 2. The first-order valence-corrected chi connectivity index (χ1v) is 4.38. The van der Waals surface area contributed by atoms with Gasteiger partial charge in [-0.1, -0.05) is 6.92 Å². The summed E-state index contributed by atoms with van der Waals surface area (Å²) in [6.45, 7) is 4.32. The number of rotatable bonds is 6. The van der Waals surface area contributed by atoms with E-state index in [1.54, 1.807) is 0 Å². The summed E-state index contributed by atoms with van der Waals surface area (Å²) in [5.41, 5.74) is 0. The molecule has 0 aliphatic rings. The minimum Gasteiger partial charge on any atom is -0.760 e. The van der Waals surface area contributed by atoms with Crippen LogP contribution in [0.4, 0.5) is 0 Å². The molecule has 0 aromatic rings. The maximum Gasteiger partial charge on any atom is 0.0181 e. The van der Waals surface area contributed by atoms with Crippen molar-refractivity contribution in [2.75, 3.05) is 19.6 Å². The van der Waals surface area contributed by atoms with Gasteiger partial charge < -0.3 is 9.87 Å². The molecule has 0 rings (SSSR count). The van der Waals surface area contributed by atoms with Gasteiger partial charge in [-0.15, -0.1) is 0 Å². The number of hydrogen-bond donors (Lipinski definition) is 2. The second kappa shape index (κ2) is 7.14. The summed E-state index contributed by atoms with van der Waals surface area (Å²) in [6.07, 6.45) is 0.835. The van der Waals surface area contributed by atoms with Gasteiger partial charge in [0.2, 0.25) is 0 Å². The van der Waals surface area contributed by atoms with Gasteiger partial charge in [0.15, 0.2) is 0 Å². The summed E-state index contributed by atoms with van der Waals surface area (Å²) in [6, 6.07) is 0. The van der Waals surface area contributed by atoms with Crippen LogP contribution in [0, 0.1) is 0 Å². The molecule has 0 saturated heterocycles. The molecule has 62 valence electrons. The van der Waals surface area contributed by atoms with Gasteiger partial charge in [0.25, 0.3) is 0 Å². The Morgan fingerprint density at radius 2 is 2.20 bits per heavy atom. The molecule has 0 spiro atoms. The van der Waals surface area contributed by atoms with E-state index < -0.39 is 11.3 Å². The van der Waals surface area contributed by atoms with E-state index in [9.17, 15) is 8.76 Å². The molecule has 4 nitrogen and oxygen atoms in total. The second-order valence-corrected chi connectivity index (χ2v) is 2.59. The molecule has 0 amide bonds. The molecule has 0 bridgehead atoms. The first-order chi connectivity index (χ1) is 4.77. The van der Waals surface area contributed by atoms with Crippen molar-refractivity contribution >= 4 is 11.3 Å². The van der Waals surface area contributed by atoms with E-state index in [-0.39, 0.29) is 0 Å². The summed E-state index contributed by atoms with van der Waals surface area (Å²) < 4.78 is 22.1. The molecule has 5 heteroatoms. The third kappa shape index (κ3) is 8.03. The van der Waals surface area contributed by atoms with E-state index in [1.807, 2.05) is 6.92 Å². The van der Waals surface area contributed by atoms with Crippen LogP contribution in [-0.4, -0.2) is 28.4 Å². The Morgan fingerprint density at radius 3 is 2.70 bits per heavy atom. The quantitative estimate of drug-likeness (QED) is 0.407. The van der Waals surface area contributed by atoms with Gasteiger partial charge in [0.1, 0.15) is 0 Å². The average Bonchev–Trinajstić information content (AvgIpc) is 1.87. The lowest BCUT2D eigenvalue weighted by atomic mass is 10.4. The van der Waals surface area contributed by atoms with Crippen molar-refractivity contribution in [3.63, 3.8) is 0 Å². The SMILES string of the molecule is CCNCCCNS(=O)[O-]. The van der Waals surface area contributed by atoms with Gasteiger partial charge in [-0.2, -0.15) is 0 Å². The fourth-order valence-electron chi connectivity index (χ4n) is 0.546. The molecule has 0 aromatic carbocycles. The first kappa shape index (κ1) is 10.0. The second-order valence-electron chi connectivity index (χ2n) is 1.84. The van der Waals surface area contributed by atoms with Crippen LogP contribution in [-0.2, 0) is 11.3 Å². The zero-order chi connectivity index (χ0) is 7.82. The van der Waals surface area contributed by atoms with Gasteiger partial charge in [0.05, 0.1) is 0 Å². The van der Waals surface area contributed by atoms with E-state index in [2.05, 4.69) is 10.0 Å². The Balaban J connectivity index is 2.84. The average molecular weight is 165 g/mol. The Morgan fingerprint density at radius 1 is 1.50 bits per heavy atom. The van der Waals surface area contributed by atoms with Crippen molar-refractivity contribution in [3.05, 3.63) is 0 Å². The summed E-state index contributed by atoms with van der Waals surface area (Å²) in [7, 11) is 0. The Labute approximate surface area is 63.8 Å². The molecular formula is C5H13N2O2S-. The van der Waals surface area contributed by atoms with E-state index >= 15 is 0 Å². The predicted octanol–water partition coefficient (Wildman–Crippen LogP) is -0.630. The smallest absolute Gasteiger partial charge is 0.0181 e. The van der Waals surface area contributed by atoms with Gasteiger partial charge >= 0.3 is 0 Å². The standard InChI is InChI=1S/C5H14N2O2S/c1-2-6-4-3-5-7-10(8)9/h6-7H,2-5H2,1H3,(H,8,9)/p-1. The Bertz CT molecular complexity index is 99.6. The minimum atomic E-state index is -2.10. The van der Waals surface area contributed by atoms with Crippen LogP contribution in [0.2, 0.25) is 0 Å². The van der Waals surface area contributed by atoms with E-state index in [0.717, 1.165) is 19.5 Å². The third-order valence-electron chi connectivity index (χ3n) is 1.00. The molecule has 10 heavy (non-hydrogen) atoms.